The number of hydrogen-bond acceptors (Lipinski definition) is 7. The summed E-state index contributed by atoms with van der Waals surface area (Å²) in [6.07, 6.45) is 1.38. The highest BCUT2D eigenvalue weighted by Gasteiger charge is 2.11. The number of nitrogens with zero attached hydrogens (tertiary/aromatic N) is 3. The van der Waals surface area contributed by atoms with Crippen LogP contribution in [-0.4, -0.2) is 30.3 Å². The second kappa shape index (κ2) is 6.42. The molecule has 0 aliphatic heterocycles. The first-order valence-corrected chi connectivity index (χ1v) is 8.00. The minimum atomic E-state index is -3.60. The minimum absolute atomic E-state index is 0.160. The maximum atomic E-state index is 11.9. The van der Waals surface area contributed by atoms with E-state index < -0.39 is 10.1 Å². The summed E-state index contributed by atoms with van der Waals surface area (Å²) >= 11 is 5.79. The molecule has 1 N–H and O–H groups in total. The van der Waals surface area contributed by atoms with Gasteiger partial charge in [0.2, 0.25) is 0 Å². The van der Waals surface area contributed by atoms with Crippen molar-refractivity contribution in [2.24, 2.45) is 7.05 Å². The number of halogens is 1. The molecule has 0 bridgehead atoms. The quantitative estimate of drug-likeness (QED) is 0.808. The standard InChI is InChI=1S/C12H13ClN4O4S/c1-17-12(18)9(5-10(13)16-17)15-11-4-3-8(6-14-11)7-22(19,20)21-2/h3-6H,7H2,1-2H3,(H,14,15). The number of rotatable bonds is 5. The van der Waals surface area contributed by atoms with Crippen LogP contribution in [0.25, 0.3) is 0 Å². The van der Waals surface area contributed by atoms with Crippen LogP contribution in [0.15, 0.2) is 29.2 Å². The Balaban J connectivity index is 2.21. The zero-order valence-corrected chi connectivity index (χ0v) is 13.3. The Bertz CT molecular complexity index is 833. The van der Waals surface area contributed by atoms with Gasteiger partial charge in [-0.1, -0.05) is 17.7 Å². The van der Waals surface area contributed by atoms with Gasteiger partial charge in [0.15, 0.2) is 5.15 Å². The molecule has 2 aromatic heterocycles. The lowest BCUT2D eigenvalue weighted by molar-refractivity contribution is 0.397. The van der Waals surface area contributed by atoms with Gasteiger partial charge in [0.25, 0.3) is 15.7 Å². The lowest BCUT2D eigenvalue weighted by Gasteiger charge is -2.07. The molecule has 0 atom stereocenters. The fourth-order valence-corrected chi connectivity index (χ4v) is 2.57. The predicted octanol–water partition coefficient (Wildman–Crippen LogP) is 1.05. The van der Waals surface area contributed by atoms with Crippen molar-refractivity contribution in [3.63, 3.8) is 0 Å². The number of hydrogen-bond donors (Lipinski definition) is 1. The van der Waals surface area contributed by atoms with Crippen LogP contribution in [0.1, 0.15) is 5.56 Å². The van der Waals surface area contributed by atoms with Crippen molar-refractivity contribution in [2.75, 3.05) is 12.4 Å². The second-order valence-electron chi connectivity index (χ2n) is 4.35. The molecule has 8 nitrogen and oxygen atoms in total. The Morgan fingerprint density at radius 2 is 2.14 bits per heavy atom. The third-order valence-electron chi connectivity index (χ3n) is 2.72. The SMILES string of the molecule is COS(=O)(=O)Cc1ccc(Nc2cc(Cl)nn(C)c2=O)nc1. The summed E-state index contributed by atoms with van der Waals surface area (Å²) in [7, 11) is -1.03. The summed E-state index contributed by atoms with van der Waals surface area (Å²) in [6.45, 7) is 0. The van der Waals surface area contributed by atoms with E-state index in [1.54, 1.807) is 12.1 Å². The van der Waals surface area contributed by atoms with Gasteiger partial charge in [0.05, 0.1) is 7.11 Å². The molecule has 0 aromatic carbocycles. The van der Waals surface area contributed by atoms with E-state index in [4.69, 9.17) is 11.6 Å². The molecule has 10 heteroatoms. The van der Waals surface area contributed by atoms with E-state index in [1.807, 2.05) is 0 Å². The summed E-state index contributed by atoms with van der Waals surface area (Å²) < 4.78 is 28.1. The Labute approximate surface area is 131 Å². The van der Waals surface area contributed by atoms with Crippen molar-refractivity contribution in [1.82, 2.24) is 14.8 Å². The topological polar surface area (TPSA) is 103 Å². The predicted molar refractivity (Wildman–Crippen MR) is 81.6 cm³/mol. The first-order valence-electron chi connectivity index (χ1n) is 6.05. The van der Waals surface area contributed by atoms with Crippen molar-refractivity contribution in [2.45, 2.75) is 5.75 Å². The van der Waals surface area contributed by atoms with Gasteiger partial charge in [-0.2, -0.15) is 13.5 Å². The highest BCUT2D eigenvalue weighted by molar-refractivity contribution is 7.85. The van der Waals surface area contributed by atoms with Crippen LogP contribution in [0.4, 0.5) is 11.5 Å². The first kappa shape index (κ1) is 16.4. The van der Waals surface area contributed by atoms with Crippen LogP contribution in [0, 0.1) is 0 Å². The summed E-state index contributed by atoms with van der Waals surface area (Å²) in [4.78, 5) is 15.9. The second-order valence-corrected chi connectivity index (χ2v) is 6.48. The van der Waals surface area contributed by atoms with E-state index in [1.165, 1.54) is 19.3 Å². The van der Waals surface area contributed by atoms with Gasteiger partial charge in [-0.25, -0.2) is 9.67 Å². The lowest BCUT2D eigenvalue weighted by Crippen LogP contribution is -2.22. The van der Waals surface area contributed by atoms with E-state index in [2.05, 4.69) is 19.6 Å². The van der Waals surface area contributed by atoms with E-state index >= 15 is 0 Å². The average molecular weight is 345 g/mol. The van der Waals surface area contributed by atoms with Crippen LogP contribution in [-0.2, 0) is 27.1 Å². The molecule has 0 amide bonds. The largest absolute Gasteiger partial charge is 0.336 e. The average Bonchev–Trinajstić information content (AvgIpc) is 2.46. The van der Waals surface area contributed by atoms with Gasteiger partial charge in [-0.15, -0.1) is 0 Å². The van der Waals surface area contributed by atoms with Gasteiger partial charge in [0.1, 0.15) is 17.3 Å². The molecule has 0 aliphatic rings. The summed E-state index contributed by atoms with van der Waals surface area (Å²) in [5.41, 5.74) is 0.317. The zero-order valence-electron chi connectivity index (χ0n) is 11.8. The molecule has 0 saturated heterocycles. The highest BCUT2D eigenvalue weighted by atomic mass is 35.5. The van der Waals surface area contributed by atoms with E-state index in [0.29, 0.717) is 11.4 Å². The van der Waals surface area contributed by atoms with E-state index in [9.17, 15) is 13.2 Å². The van der Waals surface area contributed by atoms with Crippen LogP contribution in [0.3, 0.4) is 0 Å². The summed E-state index contributed by atoms with van der Waals surface area (Å²) in [5.74, 6) is 0.0949. The number of anilines is 2. The molecule has 2 aromatic rings. The Morgan fingerprint density at radius 1 is 1.41 bits per heavy atom. The number of aromatic nitrogens is 3. The Kier molecular flexibility index (Phi) is 4.79. The molecule has 2 heterocycles. The molecule has 2 rings (SSSR count). The summed E-state index contributed by atoms with van der Waals surface area (Å²) in [5, 5.41) is 6.74. The molecule has 0 aliphatic carbocycles. The first-order chi connectivity index (χ1) is 10.3. The monoisotopic (exact) mass is 344 g/mol. The van der Waals surface area contributed by atoms with Gasteiger partial charge < -0.3 is 5.32 Å². The maximum absolute atomic E-state index is 11.9. The molecule has 0 unspecified atom stereocenters. The van der Waals surface area contributed by atoms with Crippen LogP contribution < -0.4 is 10.9 Å². The fourth-order valence-electron chi connectivity index (χ4n) is 1.65. The van der Waals surface area contributed by atoms with Gasteiger partial charge >= 0.3 is 0 Å². The molecule has 0 saturated carbocycles. The fraction of sp³-hybridized carbons (Fsp3) is 0.250. The van der Waals surface area contributed by atoms with Gasteiger partial charge in [-0.05, 0) is 11.6 Å². The zero-order chi connectivity index (χ0) is 16.3. The molecule has 118 valence electrons. The van der Waals surface area contributed by atoms with Crippen molar-refractivity contribution < 1.29 is 12.6 Å². The molecular weight excluding hydrogens is 332 g/mol. The van der Waals surface area contributed by atoms with Gasteiger partial charge in [-0.3, -0.25) is 8.98 Å². The van der Waals surface area contributed by atoms with Crippen molar-refractivity contribution in [1.29, 1.82) is 0 Å². The molecule has 22 heavy (non-hydrogen) atoms. The number of aryl methyl sites for hydroxylation is 1. The van der Waals surface area contributed by atoms with E-state index in [0.717, 1.165) is 11.8 Å². The molecule has 0 spiro atoms. The summed E-state index contributed by atoms with van der Waals surface area (Å²) in [6, 6.07) is 4.50. The van der Waals surface area contributed by atoms with Crippen LogP contribution >= 0.6 is 11.6 Å². The smallest absolute Gasteiger partial charge is 0.290 e. The van der Waals surface area contributed by atoms with Crippen molar-refractivity contribution in [3.05, 3.63) is 45.5 Å². The van der Waals surface area contributed by atoms with Crippen molar-refractivity contribution in [3.8, 4) is 0 Å². The van der Waals surface area contributed by atoms with E-state index in [-0.39, 0.29) is 22.2 Å². The third kappa shape index (κ3) is 4.03. The molecular formula is C12H13ClN4O4S. The van der Waals surface area contributed by atoms with Crippen LogP contribution in [0.5, 0.6) is 0 Å². The minimum Gasteiger partial charge on any atom is -0.336 e. The Hall–Kier alpha value is -1.97. The Morgan fingerprint density at radius 3 is 2.73 bits per heavy atom. The maximum Gasteiger partial charge on any atom is 0.290 e. The van der Waals surface area contributed by atoms with Crippen LogP contribution in [0.2, 0.25) is 5.15 Å². The molecule has 0 radical (unpaired) electrons. The normalized spacial score (nSPS) is 11.4. The third-order valence-corrected chi connectivity index (χ3v) is 4.10. The molecule has 0 fully saturated rings. The number of pyridine rings is 1. The van der Waals surface area contributed by atoms with Gasteiger partial charge in [0, 0.05) is 19.3 Å². The van der Waals surface area contributed by atoms with Crippen molar-refractivity contribution >= 4 is 33.2 Å². The highest BCUT2D eigenvalue weighted by Crippen LogP contribution is 2.14. The number of nitrogens with one attached hydrogen (secondary N) is 1. The lowest BCUT2D eigenvalue weighted by atomic mass is 10.3.